The number of alkyl carbamates (subject to hydrolysis) is 1. The average molecular weight is 911 g/mol. The van der Waals surface area contributed by atoms with Crippen molar-refractivity contribution in [3.63, 3.8) is 0 Å². The zero-order valence-electron chi connectivity index (χ0n) is 38.9. The molecule has 0 fully saturated rings. The van der Waals surface area contributed by atoms with Crippen LogP contribution in [-0.4, -0.2) is 57.7 Å². The number of amides is 1. The van der Waals surface area contributed by atoms with Crippen molar-refractivity contribution in [2.75, 3.05) is 20.8 Å². The summed E-state index contributed by atoms with van der Waals surface area (Å²) in [6.45, 7) is 14.5. The molecule has 0 aliphatic carbocycles. The molecule has 1 atom stereocenters. The number of methoxy groups -OCH3 is 2. The standard InChI is InChI=1S/C32H39N3O5.C21H17ClN2O2/c1-20(2)16-23(34-31(37)40-32(4,5)6)19-39-25-12-13-26-27-14-15-33-21(3)29(27)30(36)35(28(26)17-25)18-22-8-10-24(38-7)11-9-22;1-13-20-18(9-10-23-13)17-8-5-15(22)11-19(17)24(21(20)25)12-14-3-6-16(26-2)7-4-14/h8-15,17,20,23H,16,18-19H2,1-7H3,(H,34,37);3-11H,12H2,1-2H3/t23-;/m0./s1. The number of nitrogens with zero attached hydrogens (tertiary/aromatic N) is 4. The molecule has 0 saturated carbocycles. The maximum absolute atomic E-state index is 13.8. The highest BCUT2D eigenvalue weighted by molar-refractivity contribution is 6.31. The van der Waals surface area contributed by atoms with Crippen LogP contribution in [0.1, 0.15) is 63.6 Å². The summed E-state index contributed by atoms with van der Waals surface area (Å²) in [6, 6.07) is 30.4. The summed E-state index contributed by atoms with van der Waals surface area (Å²) in [5, 5.41) is 8.49. The second kappa shape index (κ2) is 20.1. The number of nitrogens with one attached hydrogen (secondary N) is 1. The highest BCUT2D eigenvalue weighted by Crippen LogP contribution is 2.30. The van der Waals surface area contributed by atoms with Gasteiger partial charge < -0.3 is 33.4 Å². The molecule has 0 bridgehead atoms. The fourth-order valence-corrected chi connectivity index (χ4v) is 8.33. The van der Waals surface area contributed by atoms with E-state index in [1.165, 1.54) is 0 Å². The van der Waals surface area contributed by atoms with Crippen molar-refractivity contribution in [2.45, 2.75) is 79.6 Å². The molecule has 0 saturated heterocycles. The van der Waals surface area contributed by atoms with Gasteiger partial charge in [-0.2, -0.15) is 0 Å². The van der Waals surface area contributed by atoms with Crippen molar-refractivity contribution in [2.24, 2.45) is 5.92 Å². The smallest absolute Gasteiger partial charge is 0.407 e. The van der Waals surface area contributed by atoms with Crippen LogP contribution in [-0.2, 0) is 17.8 Å². The molecule has 8 aromatic rings. The molecule has 12 nitrogen and oxygen atoms in total. The van der Waals surface area contributed by atoms with Gasteiger partial charge in [0.1, 0.15) is 29.5 Å². The Balaban J connectivity index is 0.000000214. The number of ether oxygens (including phenoxy) is 4. The summed E-state index contributed by atoms with van der Waals surface area (Å²) in [5.74, 6) is 2.50. The van der Waals surface area contributed by atoms with Crippen LogP contribution in [0.5, 0.6) is 17.2 Å². The Kier molecular flexibility index (Phi) is 14.3. The second-order valence-electron chi connectivity index (χ2n) is 17.7. The van der Waals surface area contributed by atoms with E-state index in [0.29, 0.717) is 46.2 Å². The lowest BCUT2D eigenvalue weighted by atomic mass is 10.0. The van der Waals surface area contributed by atoms with Crippen molar-refractivity contribution in [1.82, 2.24) is 24.4 Å². The number of carbonyl (C=O) groups excluding carboxylic acids is 1. The number of rotatable bonds is 12. The van der Waals surface area contributed by atoms with Crippen molar-refractivity contribution in [3.05, 3.63) is 158 Å². The molecule has 0 radical (unpaired) electrons. The summed E-state index contributed by atoms with van der Waals surface area (Å²) in [4.78, 5) is 48.2. The van der Waals surface area contributed by atoms with Gasteiger partial charge in [-0.15, -0.1) is 0 Å². The number of pyridine rings is 4. The minimum atomic E-state index is -0.587. The molecule has 342 valence electrons. The van der Waals surface area contributed by atoms with Gasteiger partial charge in [0.2, 0.25) is 0 Å². The van der Waals surface area contributed by atoms with Gasteiger partial charge in [0.05, 0.1) is 66.5 Å². The first-order valence-corrected chi connectivity index (χ1v) is 22.3. The van der Waals surface area contributed by atoms with Gasteiger partial charge in [-0.05, 0) is 130 Å². The van der Waals surface area contributed by atoms with Gasteiger partial charge in [-0.3, -0.25) is 19.6 Å². The van der Waals surface area contributed by atoms with E-state index in [1.54, 1.807) is 35.7 Å². The molecule has 13 heteroatoms. The highest BCUT2D eigenvalue weighted by atomic mass is 35.5. The van der Waals surface area contributed by atoms with Crippen LogP contribution in [0.4, 0.5) is 4.79 Å². The Labute approximate surface area is 389 Å². The largest absolute Gasteiger partial charge is 0.497 e. The Morgan fingerprint density at radius 3 is 1.61 bits per heavy atom. The number of fused-ring (bicyclic) bond motifs is 6. The Bertz CT molecular complexity index is 3160. The van der Waals surface area contributed by atoms with Gasteiger partial charge in [-0.25, -0.2) is 4.79 Å². The van der Waals surface area contributed by atoms with Crippen molar-refractivity contribution < 1.29 is 23.7 Å². The Hall–Kier alpha value is -6.92. The lowest BCUT2D eigenvalue weighted by molar-refractivity contribution is 0.0480. The Morgan fingerprint density at radius 2 is 1.14 bits per heavy atom. The van der Waals surface area contributed by atoms with Crippen molar-refractivity contribution in [3.8, 4) is 17.2 Å². The predicted octanol–water partition coefficient (Wildman–Crippen LogP) is 10.8. The van der Waals surface area contributed by atoms with E-state index in [4.69, 9.17) is 30.5 Å². The first kappa shape index (κ1) is 47.1. The lowest BCUT2D eigenvalue weighted by Gasteiger charge is -2.25. The van der Waals surface area contributed by atoms with E-state index in [2.05, 4.69) is 29.1 Å². The molecule has 4 aromatic carbocycles. The molecule has 1 amide bonds. The van der Waals surface area contributed by atoms with Crippen LogP contribution < -0.4 is 30.6 Å². The molecule has 66 heavy (non-hydrogen) atoms. The van der Waals surface area contributed by atoms with Gasteiger partial charge in [0.15, 0.2) is 0 Å². The number of hydrogen-bond donors (Lipinski definition) is 1. The van der Waals surface area contributed by atoms with Crippen molar-refractivity contribution >= 4 is 61.0 Å². The highest BCUT2D eigenvalue weighted by Gasteiger charge is 2.22. The van der Waals surface area contributed by atoms with Gasteiger partial charge >= 0.3 is 6.09 Å². The summed E-state index contributed by atoms with van der Waals surface area (Å²) >= 11 is 6.22. The van der Waals surface area contributed by atoms with E-state index in [-0.39, 0.29) is 23.8 Å². The van der Waals surface area contributed by atoms with Gasteiger partial charge in [-0.1, -0.05) is 55.8 Å². The molecule has 1 N–H and O–H groups in total. The molecule has 0 aliphatic rings. The summed E-state index contributed by atoms with van der Waals surface area (Å²) in [7, 11) is 3.26. The molecule has 0 unspecified atom stereocenters. The van der Waals surface area contributed by atoms with E-state index in [0.717, 1.165) is 67.3 Å². The zero-order chi connectivity index (χ0) is 47.3. The maximum Gasteiger partial charge on any atom is 0.407 e. The first-order chi connectivity index (χ1) is 31.5. The quantitative estimate of drug-likeness (QED) is 0.119. The number of benzene rings is 4. The van der Waals surface area contributed by atoms with Crippen LogP contribution in [0.2, 0.25) is 5.02 Å². The molecule has 0 spiro atoms. The summed E-state index contributed by atoms with van der Waals surface area (Å²) in [5.41, 5.74) is 4.22. The van der Waals surface area contributed by atoms with Crippen LogP contribution in [0.3, 0.4) is 0 Å². The maximum atomic E-state index is 13.8. The first-order valence-electron chi connectivity index (χ1n) is 21.9. The fourth-order valence-electron chi connectivity index (χ4n) is 8.17. The molecule has 4 aromatic heterocycles. The van der Waals surface area contributed by atoms with Crippen LogP contribution in [0, 0.1) is 19.8 Å². The third-order valence-electron chi connectivity index (χ3n) is 11.2. The molecule has 8 rings (SSSR count). The average Bonchev–Trinajstić information content (AvgIpc) is 3.28. The Morgan fingerprint density at radius 1 is 0.667 bits per heavy atom. The number of aryl methyl sites for hydroxylation is 2. The monoisotopic (exact) mass is 909 g/mol. The third kappa shape index (κ3) is 10.8. The second-order valence-corrected chi connectivity index (χ2v) is 18.2. The fraction of sp³-hybridized carbons (Fsp3) is 0.302. The summed E-state index contributed by atoms with van der Waals surface area (Å²) < 4.78 is 25.7. The van der Waals surface area contributed by atoms with E-state index in [9.17, 15) is 14.4 Å². The zero-order valence-corrected chi connectivity index (χ0v) is 39.7. The van der Waals surface area contributed by atoms with Crippen LogP contribution >= 0.6 is 11.6 Å². The van der Waals surface area contributed by atoms with Crippen LogP contribution in [0.15, 0.2) is 119 Å². The summed E-state index contributed by atoms with van der Waals surface area (Å²) in [6.07, 6.45) is 3.72. The van der Waals surface area contributed by atoms with Crippen molar-refractivity contribution in [1.29, 1.82) is 0 Å². The minimum absolute atomic E-state index is 0.0591. The molecular weight excluding hydrogens is 854 g/mol. The van der Waals surface area contributed by atoms with E-state index in [1.807, 2.05) is 132 Å². The molecular formula is C53H56ClN5O7. The molecule has 4 heterocycles. The number of carbonyl (C=O) groups is 1. The topological polar surface area (TPSA) is 136 Å². The molecule has 0 aliphatic heterocycles. The van der Waals surface area contributed by atoms with E-state index < -0.39 is 11.7 Å². The number of halogens is 1. The minimum Gasteiger partial charge on any atom is -0.497 e. The third-order valence-corrected chi connectivity index (χ3v) is 11.5. The SMILES string of the molecule is COc1ccc(Cn2c(=O)c3c(C)nccc3c3ccc(Cl)cc32)cc1.COc1ccc(Cn2c(=O)c3c(C)nccc3c3ccc(OC[C@H](CC(C)C)NC(=O)OC(C)(C)C)cc32)cc1. The predicted molar refractivity (Wildman–Crippen MR) is 264 cm³/mol. The number of hydrogen-bond acceptors (Lipinski definition) is 9. The van der Waals surface area contributed by atoms with Crippen LogP contribution in [0.25, 0.3) is 43.4 Å². The van der Waals surface area contributed by atoms with Gasteiger partial charge in [0, 0.05) is 34.3 Å². The lowest BCUT2D eigenvalue weighted by Crippen LogP contribution is -2.42. The normalized spacial score (nSPS) is 12.0. The number of aromatic nitrogens is 4. The van der Waals surface area contributed by atoms with E-state index >= 15 is 0 Å². The van der Waals surface area contributed by atoms with Gasteiger partial charge in [0.25, 0.3) is 11.1 Å².